The summed E-state index contributed by atoms with van der Waals surface area (Å²) in [5.41, 5.74) is 0. The third kappa shape index (κ3) is 3.46. The second kappa shape index (κ2) is 5.76. The van der Waals surface area contributed by atoms with Crippen molar-refractivity contribution in [3.8, 4) is 0 Å². The molecule has 0 aromatic carbocycles. The van der Waals surface area contributed by atoms with Crippen molar-refractivity contribution in [2.75, 3.05) is 0 Å². The van der Waals surface area contributed by atoms with Crippen molar-refractivity contribution >= 4 is 44.6 Å². The molecule has 2 rings (SSSR count). The molecule has 19 heavy (non-hydrogen) atoms. The minimum Gasteiger partial charge on any atom is -0.243 e. The Morgan fingerprint density at radius 2 is 2.05 bits per heavy atom. The molecule has 8 heteroatoms. The van der Waals surface area contributed by atoms with Crippen LogP contribution in [0.3, 0.4) is 0 Å². The number of thiophene rings is 1. The van der Waals surface area contributed by atoms with E-state index in [0.717, 1.165) is 4.88 Å². The Kier molecular flexibility index (Phi) is 4.47. The van der Waals surface area contributed by atoms with Crippen molar-refractivity contribution in [1.29, 1.82) is 0 Å². The minimum absolute atomic E-state index is 0.0360. The Morgan fingerprint density at radius 1 is 1.32 bits per heavy atom. The van der Waals surface area contributed by atoms with Gasteiger partial charge in [0.1, 0.15) is 10.0 Å². The first-order valence-electron chi connectivity index (χ1n) is 5.28. The van der Waals surface area contributed by atoms with Gasteiger partial charge in [0.15, 0.2) is 0 Å². The van der Waals surface area contributed by atoms with Crippen LogP contribution in [0.15, 0.2) is 35.4 Å². The first-order valence-corrected chi connectivity index (χ1v) is 8.34. The molecular formula is C11H10Cl2N2O2S2. The summed E-state index contributed by atoms with van der Waals surface area (Å²) in [6.45, 7) is 1.74. The fraction of sp³-hybridized carbons (Fsp3) is 0.182. The molecule has 0 saturated carbocycles. The van der Waals surface area contributed by atoms with Crippen LogP contribution in [0.4, 0.5) is 0 Å². The molecule has 4 nitrogen and oxygen atoms in total. The lowest BCUT2D eigenvalue weighted by Crippen LogP contribution is -2.26. The summed E-state index contributed by atoms with van der Waals surface area (Å²) in [6.07, 6.45) is 1.43. The Labute approximate surface area is 125 Å². The van der Waals surface area contributed by atoms with Crippen LogP contribution in [-0.4, -0.2) is 13.4 Å². The van der Waals surface area contributed by atoms with Gasteiger partial charge >= 0.3 is 0 Å². The number of rotatable bonds is 4. The van der Waals surface area contributed by atoms with E-state index in [1.54, 1.807) is 19.1 Å². The second-order valence-corrected chi connectivity index (χ2v) is 7.56. The average molecular weight is 337 g/mol. The number of nitrogens with zero attached hydrogens (tertiary/aromatic N) is 1. The second-order valence-electron chi connectivity index (χ2n) is 3.78. The van der Waals surface area contributed by atoms with Gasteiger partial charge in [0.2, 0.25) is 10.0 Å². The summed E-state index contributed by atoms with van der Waals surface area (Å²) >= 11 is 12.9. The molecule has 0 aliphatic carbocycles. The van der Waals surface area contributed by atoms with Crippen molar-refractivity contribution < 1.29 is 8.42 Å². The van der Waals surface area contributed by atoms with Crippen molar-refractivity contribution in [2.45, 2.75) is 17.9 Å². The Hall–Kier alpha value is -0.660. The molecule has 0 bridgehead atoms. The Balaban J connectivity index is 2.25. The van der Waals surface area contributed by atoms with Crippen LogP contribution in [-0.2, 0) is 10.0 Å². The predicted molar refractivity (Wildman–Crippen MR) is 77.3 cm³/mol. The topological polar surface area (TPSA) is 59.1 Å². The highest BCUT2D eigenvalue weighted by Gasteiger charge is 2.22. The first-order chi connectivity index (χ1) is 8.90. The predicted octanol–water partition coefficient (Wildman–Crippen LogP) is 3.49. The molecule has 1 atom stereocenters. The molecule has 0 radical (unpaired) electrons. The van der Waals surface area contributed by atoms with E-state index >= 15 is 0 Å². The highest BCUT2D eigenvalue weighted by molar-refractivity contribution is 7.89. The quantitative estimate of drug-likeness (QED) is 0.869. The van der Waals surface area contributed by atoms with Gasteiger partial charge in [-0.1, -0.05) is 23.2 Å². The Morgan fingerprint density at radius 3 is 2.63 bits per heavy atom. The lowest BCUT2D eigenvalue weighted by Gasteiger charge is -2.13. The summed E-state index contributed by atoms with van der Waals surface area (Å²) in [7, 11) is -3.71. The van der Waals surface area contributed by atoms with E-state index < -0.39 is 16.1 Å². The SMILES string of the molecule is CC(NS(=O)(=O)c1cccnc1Cl)c1ccc(Cl)s1. The largest absolute Gasteiger partial charge is 0.244 e. The number of sulfonamides is 1. The van der Waals surface area contributed by atoms with Crippen LogP contribution in [0, 0.1) is 0 Å². The number of aromatic nitrogens is 1. The van der Waals surface area contributed by atoms with Gasteiger partial charge in [0.05, 0.1) is 10.4 Å². The molecule has 102 valence electrons. The smallest absolute Gasteiger partial charge is 0.243 e. The van der Waals surface area contributed by atoms with Crippen LogP contribution in [0.5, 0.6) is 0 Å². The maximum atomic E-state index is 12.2. The molecule has 0 saturated heterocycles. The highest BCUT2D eigenvalue weighted by Crippen LogP contribution is 2.28. The zero-order chi connectivity index (χ0) is 14.0. The summed E-state index contributed by atoms with van der Waals surface area (Å²) in [5, 5.41) is -0.0496. The molecule has 2 heterocycles. The van der Waals surface area contributed by atoms with E-state index in [-0.39, 0.29) is 10.0 Å². The van der Waals surface area contributed by atoms with E-state index in [1.807, 2.05) is 0 Å². The van der Waals surface area contributed by atoms with Crippen LogP contribution in [0.1, 0.15) is 17.8 Å². The molecule has 0 aliphatic rings. The van der Waals surface area contributed by atoms with Gasteiger partial charge in [-0.2, -0.15) is 0 Å². The van der Waals surface area contributed by atoms with E-state index in [4.69, 9.17) is 23.2 Å². The molecular weight excluding hydrogens is 327 g/mol. The molecule has 0 amide bonds. The first kappa shape index (κ1) is 14.7. The number of hydrogen-bond donors (Lipinski definition) is 1. The molecule has 1 unspecified atom stereocenters. The highest BCUT2D eigenvalue weighted by atomic mass is 35.5. The monoisotopic (exact) mass is 336 g/mol. The van der Waals surface area contributed by atoms with Crippen molar-refractivity contribution in [1.82, 2.24) is 9.71 Å². The number of hydrogen-bond acceptors (Lipinski definition) is 4. The summed E-state index contributed by atoms with van der Waals surface area (Å²) in [6, 6.07) is 6.05. The summed E-state index contributed by atoms with van der Waals surface area (Å²) in [4.78, 5) is 4.55. The van der Waals surface area contributed by atoms with Crippen molar-refractivity contribution in [3.63, 3.8) is 0 Å². The van der Waals surface area contributed by atoms with E-state index in [0.29, 0.717) is 4.34 Å². The van der Waals surface area contributed by atoms with Gasteiger partial charge in [-0.15, -0.1) is 11.3 Å². The number of halogens is 2. The van der Waals surface area contributed by atoms with Gasteiger partial charge < -0.3 is 0 Å². The summed E-state index contributed by atoms with van der Waals surface area (Å²) in [5.74, 6) is 0. The van der Waals surface area contributed by atoms with Crippen LogP contribution in [0.2, 0.25) is 9.49 Å². The van der Waals surface area contributed by atoms with E-state index in [2.05, 4.69) is 9.71 Å². The minimum atomic E-state index is -3.71. The maximum absolute atomic E-state index is 12.2. The molecule has 0 aliphatic heterocycles. The fourth-order valence-corrected chi connectivity index (χ4v) is 4.30. The molecule has 0 spiro atoms. The lowest BCUT2D eigenvalue weighted by atomic mass is 10.3. The van der Waals surface area contributed by atoms with Gasteiger partial charge in [0, 0.05) is 11.1 Å². The standard InChI is InChI=1S/C11H10Cl2N2O2S2/c1-7(8-4-5-10(12)18-8)15-19(16,17)9-3-2-6-14-11(9)13/h2-7,15H,1H3. The lowest BCUT2D eigenvalue weighted by molar-refractivity contribution is 0.568. The maximum Gasteiger partial charge on any atom is 0.244 e. The van der Waals surface area contributed by atoms with Crippen molar-refractivity contribution in [2.24, 2.45) is 0 Å². The van der Waals surface area contributed by atoms with Crippen LogP contribution in [0.25, 0.3) is 0 Å². The fourth-order valence-electron chi connectivity index (χ4n) is 1.49. The zero-order valence-electron chi connectivity index (χ0n) is 9.80. The van der Waals surface area contributed by atoms with E-state index in [1.165, 1.54) is 29.7 Å². The average Bonchev–Trinajstić information content (AvgIpc) is 2.76. The molecule has 0 fully saturated rings. The summed E-state index contributed by atoms with van der Waals surface area (Å²) < 4.78 is 27.5. The van der Waals surface area contributed by atoms with Gasteiger partial charge in [-0.25, -0.2) is 18.1 Å². The van der Waals surface area contributed by atoms with E-state index in [9.17, 15) is 8.42 Å². The zero-order valence-corrected chi connectivity index (χ0v) is 12.9. The Bertz CT molecular complexity index is 686. The van der Waals surface area contributed by atoms with Gasteiger partial charge in [-0.3, -0.25) is 0 Å². The molecule has 2 aromatic rings. The van der Waals surface area contributed by atoms with Crippen LogP contribution >= 0.6 is 34.5 Å². The normalized spacial score (nSPS) is 13.4. The molecule has 1 N–H and O–H groups in total. The third-order valence-corrected chi connectivity index (χ3v) is 5.77. The van der Waals surface area contributed by atoms with Gasteiger partial charge in [0.25, 0.3) is 0 Å². The third-order valence-electron chi connectivity index (χ3n) is 2.37. The molecule has 2 aromatic heterocycles. The number of nitrogens with one attached hydrogen (secondary N) is 1. The van der Waals surface area contributed by atoms with Crippen LogP contribution < -0.4 is 4.72 Å². The van der Waals surface area contributed by atoms with Gasteiger partial charge in [-0.05, 0) is 31.2 Å². The number of pyridine rings is 1. The van der Waals surface area contributed by atoms with Crippen molar-refractivity contribution in [3.05, 3.63) is 44.8 Å².